The molecular weight excluding hydrogens is 276 g/mol. The van der Waals surface area contributed by atoms with Crippen LogP contribution in [0.1, 0.15) is 29.8 Å². The Bertz CT molecular complexity index is 465. The molecule has 1 amide bonds. The van der Waals surface area contributed by atoms with E-state index in [1.54, 1.807) is 0 Å². The number of piperazine rings is 1. The number of ether oxygens (including phenoxy) is 1. The number of benzene rings is 1. The molecule has 1 aliphatic rings. The fourth-order valence-electron chi connectivity index (χ4n) is 2.35. The van der Waals surface area contributed by atoms with Crippen LogP contribution in [0.25, 0.3) is 0 Å². The van der Waals surface area contributed by atoms with Crippen molar-refractivity contribution in [3.63, 3.8) is 0 Å². The number of rotatable bonds is 3. The molecule has 1 heterocycles. The molecule has 1 fully saturated rings. The second kappa shape index (κ2) is 7.50. The molecule has 2 rings (SSSR count). The van der Waals surface area contributed by atoms with Gasteiger partial charge in [0, 0.05) is 31.2 Å². The third-order valence-electron chi connectivity index (χ3n) is 3.50. The first-order valence-electron chi connectivity index (χ1n) is 6.88. The molecule has 0 aliphatic carbocycles. The zero-order chi connectivity index (χ0) is 13.8. The fourth-order valence-corrected chi connectivity index (χ4v) is 2.35. The first-order chi connectivity index (χ1) is 9.13. The van der Waals surface area contributed by atoms with E-state index in [9.17, 15) is 4.79 Å². The highest BCUT2D eigenvalue weighted by Crippen LogP contribution is 2.21. The van der Waals surface area contributed by atoms with Crippen LogP contribution in [0.2, 0.25) is 0 Å². The number of aryl methyl sites for hydroxylation is 1. The molecule has 0 radical (unpaired) electrons. The third-order valence-corrected chi connectivity index (χ3v) is 3.50. The number of carbonyl (C=O) groups excluding carboxylic acids is 1. The lowest BCUT2D eigenvalue weighted by Gasteiger charge is -2.34. The van der Waals surface area contributed by atoms with E-state index in [1.165, 1.54) is 0 Å². The van der Waals surface area contributed by atoms with Crippen LogP contribution >= 0.6 is 12.4 Å². The highest BCUT2D eigenvalue weighted by Gasteiger charge is 2.24. The first kappa shape index (κ1) is 16.8. The maximum atomic E-state index is 12.5. The molecule has 0 bridgehead atoms. The van der Waals surface area contributed by atoms with Crippen LogP contribution in [0.15, 0.2) is 18.2 Å². The van der Waals surface area contributed by atoms with Gasteiger partial charge < -0.3 is 15.0 Å². The Morgan fingerprint density at radius 2 is 2.25 bits per heavy atom. The summed E-state index contributed by atoms with van der Waals surface area (Å²) in [5, 5.41) is 3.29. The van der Waals surface area contributed by atoms with Crippen LogP contribution in [-0.2, 0) is 0 Å². The summed E-state index contributed by atoms with van der Waals surface area (Å²) in [6, 6.07) is 5.92. The molecular formula is C15H23ClN2O2. The van der Waals surface area contributed by atoms with Crippen molar-refractivity contribution >= 4 is 18.3 Å². The summed E-state index contributed by atoms with van der Waals surface area (Å²) >= 11 is 0. The SMILES string of the molecule is CCOc1cc(C(=O)N2CCNC[C@@H]2C)ccc1C.Cl. The monoisotopic (exact) mass is 298 g/mol. The molecule has 112 valence electrons. The van der Waals surface area contributed by atoms with Crippen molar-refractivity contribution < 1.29 is 9.53 Å². The molecule has 1 N–H and O–H groups in total. The van der Waals surface area contributed by atoms with E-state index < -0.39 is 0 Å². The van der Waals surface area contributed by atoms with Gasteiger partial charge in [-0.2, -0.15) is 0 Å². The topological polar surface area (TPSA) is 41.6 Å². The molecule has 0 saturated carbocycles. The standard InChI is InChI=1S/C15H22N2O2.ClH/c1-4-19-14-9-13(6-5-11(14)2)15(18)17-8-7-16-10-12(17)3;/h5-6,9,12,16H,4,7-8,10H2,1-3H3;1H/t12-;/m0./s1. The number of hydrogen-bond acceptors (Lipinski definition) is 3. The predicted molar refractivity (Wildman–Crippen MR) is 83.0 cm³/mol. The minimum Gasteiger partial charge on any atom is -0.494 e. The summed E-state index contributed by atoms with van der Waals surface area (Å²) < 4.78 is 5.56. The van der Waals surface area contributed by atoms with Crippen LogP contribution < -0.4 is 10.1 Å². The maximum absolute atomic E-state index is 12.5. The summed E-state index contributed by atoms with van der Waals surface area (Å²) in [7, 11) is 0. The van der Waals surface area contributed by atoms with Crippen molar-refractivity contribution in [2.24, 2.45) is 0 Å². The van der Waals surface area contributed by atoms with Gasteiger partial charge in [-0.15, -0.1) is 12.4 Å². The van der Waals surface area contributed by atoms with E-state index in [1.807, 2.05) is 36.9 Å². The number of amides is 1. The Labute approximate surface area is 126 Å². The van der Waals surface area contributed by atoms with Gasteiger partial charge in [-0.05, 0) is 38.5 Å². The van der Waals surface area contributed by atoms with Gasteiger partial charge >= 0.3 is 0 Å². The lowest BCUT2D eigenvalue weighted by Crippen LogP contribution is -2.52. The number of carbonyl (C=O) groups is 1. The number of halogens is 1. The Kier molecular flexibility index (Phi) is 6.30. The van der Waals surface area contributed by atoms with Crippen LogP contribution in [0, 0.1) is 6.92 Å². The van der Waals surface area contributed by atoms with Crippen molar-refractivity contribution in [2.45, 2.75) is 26.8 Å². The summed E-state index contributed by atoms with van der Waals surface area (Å²) in [6.07, 6.45) is 0. The van der Waals surface area contributed by atoms with Crippen LogP contribution in [0.5, 0.6) is 5.75 Å². The molecule has 20 heavy (non-hydrogen) atoms. The van der Waals surface area contributed by atoms with Crippen molar-refractivity contribution in [1.82, 2.24) is 10.2 Å². The van der Waals surface area contributed by atoms with E-state index in [4.69, 9.17) is 4.74 Å². The maximum Gasteiger partial charge on any atom is 0.254 e. The Balaban J connectivity index is 0.00000200. The molecule has 1 aromatic rings. The van der Waals surface area contributed by atoms with Gasteiger partial charge in [0.1, 0.15) is 5.75 Å². The Morgan fingerprint density at radius 1 is 1.50 bits per heavy atom. The Hall–Kier alpha value is -1.26. The molecule has 0 unspecified atom stereocenters. The van der Waals surface area contributed by atoms with Crippen molar-refractivity contribution in [3.8, 4) is 5.75 Å². The highest BCUT2D eigenvalue weighted by molar-refractivity contribution is 5.95. The number of nitrogens with zero attached hydrogens (tertiary/aromatic N) is 1. The van der Waals surface area contributed by atoms with E-state index in [-0.39, 0.29) is 24.4 Å². The second-order valence-corrected chi connectivity index (χ2v) is 4.96. The van der Waals surface area contributed by atoms with Crippen molar-refractivity contribution in [3.05, 3.63) is 29.3 Å². The molecule has 4 nitrogen and oxygen atoms in total. The molecule has 1 atom stereocenters. The largest absolute Gasteiger partial charge is 0.494 e. The summed E-state index contributed by atoms with van der Waals surface area (Å²) in [4.78, 5) is 14.4. The lowest BCUT2D eigenvalue weighted by atomic mass is 10.1. The molecule has 1 aliphatic heterocycles. The number of nitrogens with one attached hydrogen (secondary N) is 1. The minimum absolute atomic E-state index is 0. The van der Waals surface area contributed by atoms with Crippen molar-refractivity contribution in [2.75, 3.05) is 26.2 Å². The van der Waals surface area contributed by atoms with Crippen molar-refractivity contribution in [1.29, 1.82) is 0 Å². The Morgan fingerprint density at radius 3 is 2.90 bits per heavy atom. The van der Waals surface area contributed by atoms with Crippen LogP contribution in [0.3, 0.4) is 0 Å². The normalized spacial score (nSPS) is 18.4. The number of hydrogen-bond donors (Lipinski definition) is 1. The highest BCUT2D eigenvalue weighted by atomic mass is 35.5. The molecule has 0 spiro atoms. The van der Waals surface area contributed by atoms with E-state index in [0.717, 1.165) is 30.9 Å². The quantitative estimate of drug-likeness (QED) is 0.930. The zero-order valence-corrected chi connectivity index (χ0v) is 13.1. The van der Waals surface area contributed by atoms with Gasteiger partial charge in [-0.3, -0.25) is 4.79 Å². The zero-order valence-electron chi connectivity index (χ0n) is 12.3. The van der Waals surface area contributed by atoms with E-state index in [2.05, 4.69) is 12.2 Å². The molecule has 1 saturated heterocycles. The van der Waals surface area contributed by atoms with Gasteiger partial charge in [0.05, 0.1) is 6.61 Å². The van der Waals surface area contributed by atoms with E-state index in [0.29, 0.717) is 12.2 Å². The summed E-state index contributed by atoms with van der Waals surface area (Å²) in [5.41, 5.74) is 1.77. The predicted octanol–water partition coefficient (Wildman–Crippen LogP) is 2.25. The summed E-state index contributed by atoms with van der Waals surface area (Å²) in [6.45, 7) is 9.11. The average molecular weight is 299 g/mol. The summed E-state index contributed by atoms with van der Waals surface area (Å²) in [5.74, 6) is 0.895. The smallest absolute Gasteiger partial charge is 0.254 e. The first-order valence-corrected chi connectivity index (χ1v) is 6.88. The molecule has 5 heteroatoms. The van der Waals surface area contributed by atoms with Crippen LogP contribution in [-0.4, -0.2) is 43.1 Å². The van der Waals surface area contributed by atoms with Gasteiger partial charge in [0.15, 0.2) is 0 Å². The minimum atomic E-state index is 0. The van der Waals surface area contributed by atoms with Gasteiger partial charge in [-0.1, -0.05) is 6.07 Å². The second-order valence-electron chi connectivity index (χ2n) is 4.96. The third kappa shape index (κ3) is 3.64. The fraction of sp³-hybridized carbons (Fsp3) is 0.533. The van der Waals surface area contributed by atoms with E-state index >= 15 is 0 Å². The van der Waals surface area contributed by atoms with Gasteiger partial charge in [0.25, 0.3) is 5.91 Å². The van der Waals surface area contributed by atoms with Crippen LogP contribution in [0.4, 0.5) is 0 Å². The lowest BCUT2D eigenvalue weighted by molar-refractivity contribution is 0.0655. The van der Waals surface area contributed by atoms with Gasteiger partial charge in [0.2, 0.25) is 0 Å². The molecule has 0 aromatic heterocycles. The molecule has 1 aromatic carbocycles. The van der Waals surface area contributed by atoms with Gasteiger partial charge in [-0.25, -0.2) is 0 Å². The average Bonchev–Trinajstić information content (AvgIpc) is 2.41.